The normalized spacial score (nSPS) is 16.1. The molecule has 0 spiro atoms. The first-order valence-electron chi connectivity index (χ1n) is 15.0. The average molecular weight is 551 g/mol. The summed E-state index contributed by atoms with van der Waals surface area (Å²) in [6, 6.07) is 13.4. The molecule has 220 valence electrons. The molecule has 0 bridgehead atoms. The van der Waals surface area contributed by atoms with Crippen molar-refractivity contribution in [1.82, 2.24) is 10.2 Å². The molecule has 0 unspecified atom stereocenters. The van der Waals surface area contributed by atoms with Crippen molar-refractivity contribution in [2.24, 2.45) is 5.92 Å². The van der Waals surface area contributed by atoms with Gasteiger partial charge in [0.25, 0.3) is 5.91 Å². The second kappa shape index (κ2) is 14.8. The van der Waals surface area contributed by atoms with E-state index in [1.807, 2.05) is 50.2 Å². The maximum Gasteiger partial charge on any atom is 0.326 e. The molecule has 0 radical (unpaired) electrons. The fourth-order valence-electron chi connectivity index (χ4n) is 5.71. The summed E-state index contributed by atoms with van der Waals surface area (Å²) in [5.74, 6) is -0.621. The molecule has 2 aromatic rings. The summed E-state index contributed by atoms with van der Waals surface area (Å²) in [7, 11) is 2.18. The van der Waals surface area contributed by atoms with E-state index in [0.29, 0.717) is 31.1 Å². The number of carboxylic acids is 1. The van der Waals surface area contributed by atoms with Crippen LogP contribution in [0.25, 0.3) is 11.1 Å². The van der Waals surface area contributed by atoms with Gasteiger partial charge in [0.1, 0.15) is 6.04 Å². The lowest BCUT2D eigenvalue weighted by molar-refractivity contribution is -0.139. The Balaban J connectivity index is 1.89. The third-order valence-corrected chi connectivity index (χ3v) is 8.04. The van der Waals surface area contributed by atoms with E-state index in [0.717, 1.165) is 41.1 Å². The fourth-order valence-corrected chi connectivity index (χ4v) is 5.71. The van der Waals surface area contributed by atoms with Crippen LogP contribution in [-0.2, 0) is 16.1 Å². The van der Waals surface area contributed by atoms with Gasteiger partial charge in [-0.3, -0.25) is 9.69 Å². The highest BCUT2D eigenvalue weighted by Gasteiger charge is 2.26. The van der Waals surface area contributed by atoms with Crippen LogP contribution in [0.4, 0.5) is 0 Å². The zero-order valence-electron chi connectivity index (χ0n) is 25.5. The molecule has 1 aliphatic carbocycles. The van der Waals surface area contributed by atoms with Gasteiger partial charge in [-0.1, -0.05) is 75.8 Å². The molecule has 1 aliphatic rings. The second-order valence-corrected chi connectivity index (χ2v) is 12.6. The molecule has 2 atom stereocenters. The Kier molecular flexibility index (Phi) is 11.8. The highest BCUT2D eigenvalue weighted by Crippen LogP contribution is 2.31. The van der Waals surface area contributed by atoms with E-state index >= 15 is 0 Å². The zero-order valence-corrected chi connectivity index (χ0v) is 25.5. The maximum absolute atomic E-state index is 13.4. The zero-order chi connectivity index (χ0) is 29.3. The number of aryl methyl sites for hydroxylation is 1. The molecular weight excluding hydrogens is 500 g/mol. The first-order valence-corrected chi connectivity index (χ1v) is 15.0. The van der Waals surface area contributed by atoms with Gasteiger partial charge in [0.15, 0.2) is 0 Å². The lowest BCUT2D eigenvalue weighted by Gasteiger charge is -2.34. The van der Waals surface area contributed by atoms with E-state index in [2.05, 4.69) is 44.1 Å². The SMILES string of the molecule is CCC[C@H](NC(=O)c1ccc(CN(C)[C@@H](COC(C)(C)C)CC2CCCCC2)cc1-c1ccccc1C)C(=O)O. The molecule has 3 rings (SSSR count). The molecule has 2 N–H and O–H groups in total. The third-order valence-electron chi connectivity index (χ3n) is 8.04. The minimum absolute atomic E-state index is 0.190. The number of rotatable bonds is 13. The Morgan fingerprint density at radius 1 is 1.07 bits per heavy atom. The van der Waals surface area contributed by atoms with E-state index in [1.54, 1.807) is 0 Å². The minimum atomic E-state index is -1.01. The molecule has 0 aromatic heterocycles. The van der Waals surface area contributed by atoms with Crippen molar-refractivity contribution in [3.05, 3.63) is 59.2 Å². The Morgan fingerprint density at radius 2 is 1.77 bits per heavy atom. The van der Waals surface area contributed by atoms with E-state index < -0.39 is 12.0 Å². The van der Waals surface area contributed by atoms with Crippen LogP contribution in [0.5, 0.6) is 0 Å². The van der Waals surface area contributed by atoms with E-state index in [-0.39, 0.29) is 11.5 Å². The predicted octanol–water partition coefficient (Wildman–Crippen LogP) is 7.23. The lowest BCUT2D eigenvalue weighted by atomic mass is 9.84. The highest BCUT2D eigenvalue weighted by molar-refractivity contribution is 6.02. The number of hydrogen-bond acceptors (Lipinski definition) is 4. The van der Waals surface area contributed by atoms with Crippen LogP contribution < -0.4 is 5.32 Å². The lowest BCUT2D eigenvalue weighted by Crippen LogP contribution is -2.41. The van der Waals surface area contributed by atoms with Gasteiger partial charge in [-0.25, -0.2) is 4.79 Å². The Hall–Kier alpha value is -2.70. The first-order chi connectivity index (χ1) is 19.0. The molecule has 6 heteroatoms. The largest absolute Gasteiger partial charge is 0.480 e. The number of carbonyl (C=O) groups is 2. The van der Waals surface area contributed by atoms with Crippen molar-refractivity contribution >= 4 is 11.9 Å². The van der Waals surface area contributed by atoms with E-state index in [9.17, 15) is 14.7 Å². The summed E-state index contributed by atoms with van der Waals surface area (Å²) >= 11 is 0. The number of aliphatic carboxylic acids is 1. The summed E-state index contributed by atoms with van der Waals surface area (Å²) < 4.78 is 6.28. The van der Waals surface area contributed by atoms with Crippen LogP contribution in [-0.4, -0.2) is 53.2 Å². The number of carbonyl (C=O) groups excluding carboxylic acids is 1. The maximum atomic E-state index is 13.4. The molecule has 1 amide bonds. The molecule has 2 aromatic carbocycles. The molecule has 0 heterocycles. The monoisotopic (exact) mass is 550 g/mol. The number of hydrogen-bond donors (Lipinski definition) is 2. The van der Waals surface area contributed by atoms with Gasteiger partial charge in [-0.15, -0.1) is 0 Å². The minimum Gasteiger partial charge on any atom is -0.480 e. The van der Waals surface area contributed by atoms with Gasteiger partial charge < -0.3 is 15.2 Å². The Morgan fingerprint density at radius 3 is 2.40 bits per heavy atom. The Labute approximate surface area is 241 Å². The van der Waals surface area contributed by atoms with Crippen LogP contribution in [0.1, 0.15) is 101 Å². The van der Waals surface area contributed by atoms with Crippen molar-refractivity contribution in [2.45, 2.75) is 110 Å². The van der Waals surface area contributed by atoms with Crippen molar-refractivity contribution in [3.8, 4) is 11.1 Å². The van der Waals surface area contributed by atoms with Crippen molar-refractivity contribution in [2.75, 3.05) is 13.7 Å². The first kappa shape index (κ1) is 31.8. The molecule has 0 aliphatic heterocycles. The van der Waals surface area contributed by atoms with Crippen LogP contribution >= 0.6 is 0 Å². The predicted molar refractivity (Wildman–Crippen MR) is 163 cm³/mol. The van der Waals surface area contributed by atoms with Crippen molar-refractivity contribution in [3.63, 3.8) is 0 Å². The molecule has 1 saturated carbocycles. The third kappa shape index (κ3) is 9.45. The van der Waals surface area contributed by atoms with Crippen molar-refractivity contribution < 1.29 is 19.4 Å². The second-order valence-electron chi connectivity index (χ2n) is 12.6. The van der Waals surface area contributed by atoms with Gasteiger partial charge in [-0.2, -0.15) is 0 Å². The number of carboxylic acid groups (broad SMARTS) is 1. The van der Waals surface area contributed by atoms with Crippen molar-refractivity contribution in [1.29, 1.82) is 0 Å². The quantitative estimate of drug-likeness (QED) is 0.275. The average Bonchev–Trinajstić information content (AvgIpc) is 2.91. The number of benzene rings is 2. The molecule has 1 fully saturated rings. The summed E-state index contributed by atoms with van der Waals surface area (Å²) in [5, 5.41) is 12.4. The molecule has 0 saturated heterocycles. The van der Waals surface area contributed by atoms with E-state index in [4.69, 9.17) is 4.74 Å². The summed E-state index contributed by atoms with van der Waals surface area (Å²) in [6.45, 7) is 11.7. The number of ether oxygens (including phenoxy) is 1. The van der Waals surface area contributed by atoms with Gasteiger partial charge in [0.2, 0.25) is 0 Å². The van der Waals surface area contributed by atoms with Crippen LogP contribution in [0.2, 0.25) is 0 Å². The number of amides is 1. The van der Waals surface area contributed by atoms with Crippen LogP contribution in [0.15, 0.2) is 42.5 Å². The molecular formula is C34H50N2O4. The summed E-state index contributed by atoms with van der Waals surface area (Å²) in [4.78, 5) is 27.5. The van der Waals surface area contributed by atoms with Gasteiger partial charge >= 0.3 is 5.97 Å². The topological polar surface area (TPSA) is 78.9 Å². The fraction of sp³-hybridized carbons (Fsp3) is 0.588. The van der Waals surface area contributed by atoms with Crippen LogP contribution in [0.3, 0.4) is 0 Å². The highest BCUT2D eigenvalue weighted by atomic mass is 16.5. The summed E-state index contributed by atoms with van der Waals surface area (Å²) in [5.41, 5.74) is 4.30. The number of nitrogens with one attached hydrogen (secondary N) is 1. The van der Waals surface area contributed by atoms with E-state index in [1.165, 1.54) is 32.1 Å². The standard InChI is InChI=1S/C34H50N2O4/c1-7-13-31(33(38)39)35-32(37)29-19-18-26(21-30(29)28-17-12-11-14-24(28)2)22-36(6)27(23-40-34(3,4)5)20-25-15-9-8-10-16-25/h11-12,14,17-19,21,25,27,31H,7-10,13,15-16,20,22-23H2,1-6H3,(H,35,37)(H,38,39)/t27-,31+/m1/s1. The summed E-state index contributed by atoms with van der Waals surface area (Å²) in [6.07, 6.45) is 8.80. The molecule has 40 heavy (non-hydrogen) atoms. The van der Waals surface area contributed by atoms with Gasteiger partial charge in [-0.05, 0) is 87.9 Å². The smallest absolute Gasteiger partial charge is 0.326 e. The number of nitrogens with zero attached hydrogens (tertiary/aromatic N) is 1. The number of likely N-dealkylation sites (N-methyl/N-ethyl adjacent to an activating group) is 1. The van der Waals surface area contributed by atoms with Gasteiger partial charge in [0.05, 0.1) is 12.2 Å². The van der Waals surface area contributed by atoms with Crippen LogP contribution in [0, 0.1) is 12.8 Å². The van der Waals surface area contributed by atoms with Gasteiger partial charge in [0, 0.05) is 18.2 Å². The molecule has 6 nitrogen and oxygen atoms in total. The Bertz CT molecular complexity index is 1120.